The monoisotopic (exact) mass is 349 g/mol. The summed E-state index contributed by atoms with van der Waals surface area (Å²) in [4.78, 5) is 16.0. The van der Waals surface area contributed by atoms with Gasteiger partial charge in [-0.25, -0.2) is 19.3 Å². The molecule has 0 radical (unpaired) electrons. The van der Waals surface area contributed by atoms with E-state index in [1.807, 2.05) is 29.8 Å². The number of H-pyrrole nitrogens is 1. The number of hydrogen-bond acceptors (Lipinski definition) is 3. The van der Waals surface area contributed by atoms with Gasteiger partial charge in [0.1, 0.15) is 11.6 Å². The molecule has 0 aliphatic rings. The fraction of sp³-hybridized carbons (Fsp3) is 0.250. The highest BCUT2D eigenvalue weighted by molar-refractivity contribution is 5.73. The fourth-order valence-electron chi connectivity index (χ4n) is 3.36. The van der Waals surface area contributed by atoms with Gasteiger partial charge in [-0.15, -0.1) is 0 Å². The first-order valence-electron chi connectivity index (χ1n) is 8.66. The number of imidazole rings is 2. The number of halogens is 1. The Labute approximate surface area is 151 Å². The SMILES string of the molecule is Cc1ccc(F)c(-c2nccn2CC(C)Cc2ccnc3nc[nH]c23)c1. The number of hydrogen-bond donors (Lipinski definition) is 1. The Morgan fingerprint density at radius 3 is 2.92 bits per heavy atom. The van der Waals surface area contributed by atoms with Crippen LogP contribution in [0.5, 0.6) is 0 Å². The Morgan fingerprint density at radius 2 is 2.04 bits per heavy atom. The number of nitrogens with zero attached hydrogens (tertiary/aromatic N) is 4. The maximum absolute atomic E-state index is 14.3. The number of aromatic nitrogens is 5. The topological polar surface area (TPSA) is 59.4 Å². The zero-order valence-corrected chi connectivity index (χ0v) is 14.8. The number of aryl methyl sites for hydroxylation is 1. The molecule has 26 heavy (non-hydrogen) atoms. The quantitative estimate of drug-likeness (QED) is 0.589. The lowest BCUT2D eigenvalue weighted by Crippen LogP contribution is -2.11. The van der Waals surface area contributed by atoms with E-state index in [4.69, 9.17) is 0 Å². The Bertz CT molecular complexity index is 1050. The molecule has 1 N–H and O–H groups in total. The summed E-state index contributed by atoms with van der Waals surface area (Å²) >= 11 is 0. The summed E-state index contributed by atoms with van der Waals surface area (Å²) in [6.07, 6.45) is 7.96. The van der Waals surface area contributed by atoms with Crippen LogP contribution in [0, 0.1) is 18.7 Å². The van der Waals surface area contributed by atoms with E-state index in [0.29, 0.717) is 17.3 Å². The van der Waals surface area contributed by atoms with Gasteiger partial charge in [-0.2, -0.15) is 0 Å². The van der Waals surface area contributed by atoms with Gasteiger partial charge in [0.2, 0.25) is 0 Å². The van der Waals surface area contributed by atoms with Crippen molar-refractivity contribution in [1.29, 1.82) is 0 Å². The van der Waals surface area contributed by atoms with E-state index in [1.165, 1.54) is 11.6 Å². The molecule has 0 saturated heterocycles. The highest BCUT2D eigenvalue weighted by Gasteiger charge is 2.15. The highest BCUT2D eigenvalue weighted by atomic mass is 19.1. The van der Waals surface area contributed by atoms with Crippen molar-refractivity contribution in [3.63, 3.8) is 0 Å². The van der Waals surface area contributed by atoms with Crippen molar-refractivity contribution in [2.75, 3.05) is 0 Å². The molecule has 0 saturated carbocycles. The Kier molecular flexibility index (Phi) is 4.24. The molecule has 132 valence electrons. The number of aromatic amines is 1. The van der Waals surface area contributed by atoms with E-state index < -0.39 is 0 Å². The number of fused-ring (bicyclic) bond motifs is 1. The minimum Gasteiger partial charge on any atom is -0.343 e. The second kappa shape index (κ2) is 6.71. The molecule has 0 aliphatic heterocycles. The molecule has 0 fully saturated rings. The lowest BCUT2D eigenvalue weighted by Gasteiger charge is -2.15. The maximum Gasteiger partial charge on any atom is 0.177 e. The molecule has 0 bridgehead atoms. The molecule has 4 aromatic rings. The summed E-state index contributed by atoms with van der Waals surface area (Å²) < 4.78 is 16.3. The molecule has 1 atom stereocenters. The average molecular weight is 349 g/mol. The van der Waals surface area contributed by atoms with Crippen LogP contribution in [0.1, 0.15) is 18.1 Å². The van der Waals surface area contributed by atoms with Crippen molar-refractivity contribution in [3.8, 4) is 11.4 Å². The summed E-state index contributed by atoms with van der Waals surface area (Å²) in [6, 6.07) is 7.13. The summed E-state index contributed by atoms with van der Waals surface area (Å²) in [5.74, 6) is 0.758. The second-order valence-electron chi connectivity index (χ2n) is 6.77. The average Bonchev–Trinajstić information content (AvgIpc) is 3.27. The predicted octanol–water partition coefficient (Wildman–Crippen LogP) is 4.15. The molecule has 4 rings (SSSR count). The summed E-state index contributed by atoms with van der Waals surface area (Å²) in [6.45, 7) is 4.89. The zero-order valence-electron chi connectivity index (χ0n) is 14.8. The van der Waals surface area contributed by atoms with Crippen LogP contribution in [0.25, 0.3) is 22.6 Å². The standard InChI is InChI=1S/C20H20FN5/c1-13-3-4-17(21)16(10-13)20-23-7-8-26(20)11-14(2)9-15-5-6-22-19-18(15)24-12-25-19/h3-8,10,12,14H,9,11H2,1-2H3,(H,22,24,25). The molecule has 1 aromatic carbocycles. The molecule has 3 aromatic heterocycles. The van der Waals surface area contributed by atoms with Crippen LogP contribution in [0.15, 0.2) is 49.2 Å². The lowest BCUT2D eigenvalue weighted by molar-refractivity contribution is 0.482. The number of benzene rings is 1. The van der Waals surface area contributed by atoms with Gasteiger partial charge in [-0.1, -0.05) is 18.6 Å². The van der Waals surface area contributed by atoms with Crippen LogP contribution >= 0.6 is 0 Å². The van der Waals surface area contributed by atoms with Gasteiger partial charge in [0, 0.05) is 25.1 Å². The largest absolute Gasteiger partial charge is 0.343 e. The van der Waals surface area contributed by atoms with Crippen LogP contribution in [0.3, 0.4) is 0 Å². The van der Waals surface area contributed by atoms with Gasteiger partial charge in [0.25, 0.3) is 0 Å². The third-order valence-electron chi connectivity index (χ3n) is 4.57. The fourth-order valence-corrected chi connectivity index (χ4v) is 3.36. The molecular weight excluding hydrogens is 329 g/mol. The van der Waals surface area contributed by atoms with Gasteiger partial charge < -0.3 is 9.55 Å². The van der Waals surface area contributed by atoms with E-state index in [-0.39, 0.29) is 5.82 Å². The highest BCUT2D eigenvalue weighted by Crippen LogP contribution is 2.24. The number of rotatable bonds is 5. The minimum atomic E-state index is -0.246. The van der Waals surface area contributed by atoms with Crippen molar-refractivity contribution in [2.45, 2.75) is 26.8 Å². The first-order valence-corrected chi connectivity index (χ1v) is 8.66. The molecule has 5 nitrogen and oxygen atoms in total. The number of nitrogens with one attached hydrogen (secondary N) is 1. The zero-order chi connectivity index (χ0) is 18.1. The van der Waals surface area contributed by atoms with Crippen LogP contribution < -0.4 is 0 Å². The Morgan fingerprint density at radius 1 is 1.15 bits per heavy atom. The number of pyridine rings is 1. The van der Waals surface area contributed by atoms with Crippen molar-refractivity contribution >= 4 is 11.2 Å². The van der Waals surface area contributed by atoms with Crippen molar-refractivity contribution in [3.05, 3.63) is 66.1 Å². The van der Waals surface area contributed by atoms with Crippen molar-refractivity contribution in [2.24, 2.45) is 5.92 Å². The lowest BCUT2D eigenvalue weighted by atomic mass is 10.0. The smallest absolute Gasteiger partial charge is 0.177 e. The maximum atomic E-state index is 14.3. The summed E-state index contributed by atoms with van der Waals surface area (Å²) in [7, 11) is 0. The van der Waals surface area contributed by atoms with E-state index in [0.717, 1.165) is 29.7 Å². The molecule has 0 amide bonds. The van der Waals surface area contributed by atoms with Crippen LogP contribution in [-0.4, -0.2) is 24.5 Å². The van der Waals surface area contributed by atoms with Gasteiger partial charge >= 0.3 is 0 Å². The third-order valence-corrected chi connectivity index (χ3v) is 4.57. The molecule has 1 unspecified atom stereocenters. The third kappa shape index (κ3) is 3.10. The minimum absolute atomic E-state index is 0.246. The molecule has 6 heteroatoms. The predicted molar refractivity (Wildman–Crippen MR) is 99.1 cm³/mol. The van der Waals surface area contributed by atoms with Gasteiger partial charge in [0.15, 0.2) is 5.65 Å². The van der Waals surface area contributed by atoms with Crippen molar-refractivity contribution < 1.29 is 4.39 Å². The molecular formula is C20H20FN5. The summed E-state index contributed by atoms with van der Waals surface area (Å²) in [5.41, 5.74) is 4.46. The van der Waals surface area contributed by atoms with E-state index >= 15 is 0 Å². The molecule has 0 spiro atoms. The van der Waals surface area contributed by atoms with Gasteiger partial charge in [-0.3, -0.25) is 0 Å². The van der Waals surface area contributed by atoms with E-state index in [9.17, 15) is 4.39 Å². The summed E-state index contributed by atoms with van der Waals surface area (Å²) in [5, 5.41) is 0. The van der Waals surface area contributed by atoms with E-state index in [2.05, 4.69) is 26.9 Å². The normalized spacial score (nSPS) is 12.6. The second-order valence-corrected chi connectivity index (χ2v) is 6.77. The van der Waals surface area contributed by atoms with Crippen LogP contribution in [0.4, 0.5) is 4.39 Å². The van der Waals surface area contributed by atoms with Crippen LogP contribution in [-0.2, 0) is 13.0 Å². The first kappa shape index (κ1) is 16.4. The van der Waals surface area contributed by atoms with E-state index in [1.54, 1.807) is 24.8 Å². The Hall–Kier alpha value is -3.02. The van der Waals surface area contributed by atoms with Crippen LogP contribution in [0.2, 0.25) is 0 Å². The van der Waals surface area contributed by atoms with Crippen molar-refractivity contribution in [1.82, 2.24) is 24.5 Å². The first-order chi connectivity index (χ1) is 12.6. The van der Waals surface area contributed by atoms with Gasteiger partial charge in [0.05, 0.1) is 17.4 Å². The Balaban J connectivity index is 1.58. The van der Waals surface area contributed by atoms with Gasteiger partial charge in [-0.05, 0) is 43.0 Å². The molecule has 0 aliphatic carbocycles. The molecule has 3 heterocycles.